The Labute approximate surface area is 115 Å². The van der Waals surface area contributed by atoms with Crippen LogP contribution in [-0.2, 0) is 4.79 Å². The summed E-state index contributed by atoms with van der Waals surface area (Å²) in [7, 11) is 0. The molecule has 0 unspecified atom stereocenters. The second kappa shape index (κ2) is 5.09. The molecule has 3 rings (SSSR count). The van der Waals surface area contributed by atoms with Gasteiger partial charge in [0.05, 0.1) is 18.9 Å². The Morgan fingerprint density at radius 2 is 2.05 bits per heavy atom. The number of carbonyl (C=O) groups excluding carboxylic acids is 1. The first kappa shape index (κ1) is 12.9. The van der Waals surface area contributed by atoms with Gasteiger partial charge in [0.25, 0.3) is 0 Å². The maximum atomic E-state index is 13.0. The van der Waals surface area contributed by atoms with Crippen molar-refractivity contribution in [1.82, 2.24) is 0 Å². The summed E-state index contributed by atoms with van der Waals surface area (Å²) in [6.45, 7) is -0.172. The Hall–Kier alpha value is -2.14. The number of aliphatic hydroxyl groups is 1. The molecular weight excluding hydrogens is 261 g/mol. The van der Waals surface area contributed by atoms with E-state index in [-0.39, 0.29) is 36.7 Å². The van der Waals surface area contributed by atoms with Crippen LogP contribution in [0.25, 0.3) is 0 Å². The molecule has 0 bridgehead atoms. The van der Waals surface area contributed by atoms with Gasteiger partial charge in [-0.15, -0.1) is 0 Å². The number of hydrogen-bond donors (Lipinski definition) is 1. The molecule has 1 saturated heterocycles. The van der Waals surface area contributed by atoms with Crippen LogP contribution in [0.5, 0.6) is 0 Å². The van der Waals surface area contributed by atoms with E-state index in [2.05, 4.69) is 0 Å². The lowest BCUT2D eigenvalue weighted by atomic mass is 9.98. The summed E-state index contributed by atoms with van der Waals surface area (Å²) in [5, 5.41) is 9.63. The molecule has 1 aromatic carbocycles. The minimum atomic E-state index is -0.390. The number of anilines is 1. The molecule has 2 aromatic rings. The molecule has 1 aromatic heterocycles. The van der Waals surface area contributed by atoms with Crippen molar-refractivity contribution in [3.63, 3.8) is 0 Å². The second-order valence-corrected chi connectivity index (χ2v) is 4.82. The molecule has 1 aliphatic heterocycles. The highest BCUT2D eigenvalue weighted by Crippen LogP contribution is 2.37. The van der Waals surface area contributed by atoms with Crippen LogP contribution in [0.3, 0.4) is 0 Å². The molecule has 0 aliphatic carbocycles. The molecule has 1 amide bonds. The van der Waals surface area contributed by atoms with Gasteiger partial charge in [-0.1, -0.05) is 0 Å². The summed E-state index contributed by atoms with van der Waals surface area (Å²) in [5.41, 5.74) is 0.588. The number of furan rings is 1. The average molecular weight is 275 g/mol. The van der Waals surface area contributed by atoms with Gasteiger partial charge in [0.1, 0.15) is 11.6 Å². The highest BCUT2D eigenvalue weighted by Gasteiger charge is 2.42. The summed E-state index contributed by atoms with van der Waals surface area (Å²) in [5.74, 6) is 0.0372. The van der Waals surface area contributed by atoms with E-state index in [1.54, 1.807) is 30.5 Å². The molecule has 2 atom stereocenters. The summed E-state index contributed by atoms with van der Waals surface area (Å²) in [6, 6.07) is 8.86. The van der Waals surface area contributed by atoms with E-state index in [1.807, 2.05) is 0 Å². The largest absolute Gasteiger partial charge is 0.469 e. The molecule has 1 N–H and O–H groups in total. The van der Waals surface area contributed by atoms with Crippen LogP contribution in [0.2, 0.25) is 0 Å². The van der Waals surface area contributed by atoms with Crippen LogP contribution in [0.15, 0.2) is 47.1 Å². The minimum Gasteiger partial charge on any atom is -0.469 e. The van der Waals surface area contributed by atoms with E-state index >= 15 is 0 Å². The molecule has 0 saturated carbocycles. The van der Waals surface area contributed by atoms with E-state index in [0.717, 1.165) is 0 Å². The maximum absolute atomic E-state index is 13.0. The Kier molecular flexibility index (Phi) is 3.28. The lowest BCUT2D eigenvalue weighted by molar-refractivity contribution is -0.117. The predicted molar refractivity (Wildman–Crippen MR) is 70.8 cm³/mol. The van der Waals surface area contributed by atoms with Crippen molar-refractivity contribution in [2.24, 2.45) is 0 Å². The highest BCUT2D eigenvalue weighted by atomic mass is 19.1. The molecule has 1 aliphatic rings. The fourth-order valence-corrected chi connectivity index (χ4v) is 2.73. The first-order valence-corrected chi connectivity index (χ1v) is 6.42. The van der Waals surface area contributed by atoms with Crippen molar-refractivity contribution in [2.45, 2.75) is 18.4 Å². The van der Waals surface area contributed by atoms with Crippen molar-refractivity contribution in [3.05, 3.63) is 54.2 Å². The number of rotatable bonds is 3. The second-order valence-electron chi connectivity index (χ2n) is 4.82. The van der Waals surface area contributed by atoms with Gasteiger partial charge in [-0.05, 0) is 36.4 Å². The number of nitrogens with zero attached hydrogens (tertiary/aromatic N) is 1. The molecule has 1 fully saturated rings. The molecule has 5 heteroatoms. The number of aliphatic hydroxyl groups excluding tert-OH is 1. The Morgan fingerprint density at radius 1 is 1.30 bits per heavy atom. The minimum absolute atomic E-state index is 0.0999. The smallest absolute Gasteiger partial charge is 0.228 e. The van der Waals surface area contributed by atoms with Gasteiger partial charge >= 0.3 is 0 Å². The molecule has 0 spiro atoms. The number of benzene rings is 1. The SMILES string of the molecule is O=C1C[C@@H](c2ccco2)[C@H](CO)N1c1ccc(F)cc1. The third kappa shape index (κ3) is 2.10. The first-order chi connectivity index (χ1) is 9.70. The Balaban J connectivity index is 1.94. The van der Waals surface area contributed by atoms with E-state index in [0.29, 0.717) is 11.4 Å². The lowest BCUT2D eigenvalue weighted by Crippen LogP contribution is -2.37. The third-order valence-electron chi connectivity index (χ3n) is 3.66. The summed E-state index contributed by atoms with van der Waals surface area (Å²) < 4.78 is 18.3. The van der Waals surface area contributed by atoms with Gasteiger partial charge in [0, 0.05) is 18.0 Å². The number of carbonyl (C=O) groups is 1. The zero-order valence-corrected chi connectivity index (χ0v) is 10.7. The first-order valence-electron chi connectivity index (χ1n) is 6.42. The summed E-state index contributed by atoms with van der Waals surface area (Å²) in [4.78, 5) is 13.7. The van der Waals surface area contributed by atoms with Crippen molar-refractivity contribution in [2.75, 3.05) is 11.5 Å². The third-order valence-corrected chi connectivity index (χ3v) is 3.66. The van der Waals surface area contributed by atoms with Crippen molar-refractivity contribution >= 4 is 11.6 Å². The highest BCUT2D eigenvalue weighted by molar-refractivity contribution is 5.97. The fourth-order valence-electron chi connectivity index (χ4n) is 2.73. The molecule has 0 radical (unpaired) electrons. The lowest BCUT2D eigenvalue weighted by Gasteiger charge is -2.25. The monoisotopic (exact) mass is 275 g/mol. The molecule has 104 valence electrons. The van der Waals surface area contributed by atoms with Crippen LogP contribution < -0.4 is 4.90 Å². The van der Waals surface area contributed by atoms with Gasteiger partial charge < -0.3 is 14.4 Å². The zero-order chi connectivity index (χ0) is 14.1. The average Bonchev–Trinajstić information content (AvgIpc) is 3.07. The topological polar surface area (TPSA) is 53.7 Å². The standard InChI is InChI=1S/C15H14FNO3/c16-10-3-5-11(6-4-10)17-13(9-18)12(8-15(17)19)14-2-1-7-20-14/h1-7,12-13,18H,8-9H2/t12-,13+/m1/s1. The Morgan fingerprint density at radius 3 is 2.65 bits per heavy atom. The molecule has 2 heterocycles. The van der Waals surface area contributed by atoms with Crippen molar-refractivity contribution in [3.8, 4) is 0 Å². The van der Waals surface area contributed by atoms with Crippen molar-refractivity contribution in [1.29, 1.82) is 0 Å². The molecule has 20 heavy (non-hydrogen) atoms. The summed E-state index contributed by atoms with van der Waals surface area (Å²) >= 11 is 0. The normalized spacial score (nSPS) is 22.5. The molecular formula is C15H14FNO3. The fraction of sp³-hybridized carbons (Fsp3) is 0.267. The van der Waals surface area contributed by atoms with Crippen LogP contribution >= 0.6 is 0 Å². The van der Waals surface area contributed by atoms with Gasteiger partial charge in [0.15, 0.2) is 0 Å². The van der Waals surface area contributed by atoms with Crippen LogP contribution in [-0.4, -0.2) is 23.7 Å². The van der Waals surface area contributed by atoms with Gasteiger partial charge in [0.2, 0.25) is 5.91 Å². The van der Waals surface area contributed by atoms with Crippen LogP contribution in [0, 0.1) is 5.82 Å². The number of amides is 1. The van der Waals surface area contributed by atoms with Crippen molar-refractivity contribution < 1.29 is 18.7 Å². The molecule has 4 nitrogen and oxygen atoms in total. The Bertz CT molecular complexity index is 594. The van der Waals surface area contributed by atoms with Crippen LogP contribution in [0.1, 0.15) is 18.1 Å². The van der Waals surface area contributed by atoms with E-state index in [9.17, 15) is 14.3 Å². The van der Waals surface area contributed by atoms with E-state index in [4.69, 9.17) is 4.42 Å². The summed E-state index contributed by atoms with van der Waals surface area (Å²) in [6.07, 6.45) is 1.82. The maximum Gasteiger partial charge on any atom is 0.228 e. The van der Waals surface area contributed by atoms with Gasteiger partial charge in [-0.3, -0.25) is 4.79 Å². The predicted octanol–water partition coefficient (Wildman–Crippen LogP) is 2.30. The van der Waals surface area contributed by atoms with E-state index < -0.39 is 0 Å². The van der Waals surface area contributed by atoms with Crippen LogP contribution in [0.4, 0.5) is 10.1 Å². The number of hydrogen-bond acceptors (Lipinski definition) is 3. The van der Waals surface area contributed by atoms with Gasteiger partial charge in [-0.25, -0.2) is 4.39 Å². The quantitative estimate of drug-likeness (QED) is 0.935. The number of halogens is 1. The van der Waals surface area contributed by atoms with E-state index in [1.165, 1.54) is 17.0 Å². The van der Waals surface area contributed by atoms with Gasteiger partial charge in [-0.2, -0.15) is 0 Å². The zero-order valence-electron chi connectivity index (χ0n) is 10.7.